The zero-order valence-electron chi connectivity index (χ0n) is 16.1. The largest absolute Gasteiger partial charge is 0.478 e. The molecule has 8 nitrogen and oxygen atoms in total. The zero-order valence-corrected chi connectivity index (χ0v) is 16.1. The van der Waals surface area contributed by atoms with Crippen LogP contribution in [-0.2, 0) is 9.59 Å². The first kappa shape index (κ1) is 22.4. The lowest BCUT2D eigenvalue weighted by atomic mass is 10.2. The van der Waals surface area contributed by atoms with Crippen molar-refractivity contribution in [1.29, 1.82) is 0 Å². The van der Waals surface area contributed by atoms with Crippen LogP contribution in [-0.4, -0.2) is 66.9 Å². The van der Waals surface area contributed by atoms with Crippen LogP contribution in [0.3, 0.4) is 0 Å². The normalized spacial score (nSPS) is 14.2. The first-order valence-corrected chi connectivity index (χ1v) is 9.19. The van der Waals surface area contributed by atoms with Gasteiger partial charge in [-0.2, -0.15) is 0 Å². The van der Waals surface area contributed by atoms with E-state index in [4.69, 9.17) is 10.2 Å². The summed E-state index contributed by atoms with van der Waals surface area (Å²) in [5, 5.41) is 19.1. The Balaban J connectivity index is 0.000000387. The van der Waals surface area contributed by atoms with Crippen molar-refractivity contribution in [2.75, 3.05) is 49.6 Å². The zero-order chi connectivity index (χ0) is 20.1. The van der Waals surface area contributed by atoms with Gasteiger partial charge in [-0.15, -0.1) is 0 Å². The van der Waals surface area contributed by atoms with Crippen molar-refractivity contribution in [3.05, 3.63) is 30.6 Å². The van der Waals surface area contributed by atoms with Gasteiger partial charge < -0.3 is 25.3 Å². The molecule has 1 aromatic heterocycles. The lowest BCUT2D eigenvalue weighted by molar-refractivity contribution is -0.134. The molecule has 3 N–H and O–H groups in total. The number of hydrogen-bond donors (Lipinski definition) is 3. The number of rotatable bonds is 7. The molecule has 1 fully saturated rings. The smallest absolute Gasteiger partial charge is 0.328 e. The van der Waals surface area contributed by atoms with Crippen molar-refractivity contribution >= 4 is 23.3 Å². The van der Waals surface area contributed by atoms with Crippen LogP contribution in [0.25, 0.3) is 0 Å². The summed E-state index contributed by atoms with van der Waals surface area (Å²) in [7, 11) is 2.15. The Morgan fingerprint density at radius 1 is 1.22 bits per heavy atom. The summed E-state index contributed by atoms with van der Waals surface area (Å²) in [5.41, 5.74) is 2.48. The Hall–Kier alpha value is -2.61. The standard InChI is InChI=1S/C15H26N4.C4H4O4/c1-3-4-8-18(2)14-11-15(13-17-12-14)19-9-5-6-16-7-10-19;5-3(6)1-2-4(7)8/h11-13,16H,3-10H2,1-2H3;1-2H,(H,5,6)(H,7,8)/b;2-1+. The van der Waals surface area contributed by atoms with Gasteiger partial charge in [-0.3, -0.25) is 4.98 Å². The van der Waals surface area contributed by atoms with Gasteiger partial charge >= 0.3 is 11.9 Å². The van der Waals surface area contributed by atoms with Crippen molar-refractivity contribution in [1.82, 2.24) is 10.3 Å². The average molecular weight is 378 g/mol. The monoisotopic (exact) mass is 378 g/mol. The third-order valence-electron chi connectivity index (χ3n) is 4.07. The van der Waals surface area contributed by atoms with Gasteiger partial charge in [0.15, 0.2) is 0 Å². The highest BCUT2D eigenvalue weighted by Gasteiger charge is 2.11. The summed E-state index contributed by atoms with van der Waals surface area (Å²) in [6.45, 7) is 7.71. The number of hydrogen-bond acceptors (Lipinski definition) is 6. The molecule has 2 rings (SSSR count). The summed E-state index contributed by atoms with van der Waals surface area (Å²) >= 11 is 0. The molecular weight excluding hydrogens is 348 g/mol. The molecule has 1 aromatic rings. The number of aliphatic carboxylic acids is 2. The number of pyridine rings is 1. The summed E-state index contributed by atoms with van der Waals surface area (Å²) in [4.78, 5) is 28.3. The van der Waals surface area contributed by atoms with E-state index in [1.54, 1.807) is 0 Å². The van der Waals surface area contributed by atoms with Crippen LogP contribution >= 0.6 is 0 Å². The molecule has 0 atom stereocenters. The lowest BCUT2D eigenvalue weighted by Crippen LogP contribution is -2.28. The maximum absolute atomic E-state index is 9.55. The van der Waals surface area contributed by atoms with Crippen molar-refractivity contribution in [2.45, 2.75) is 26.2 Å². The van der Waals surface area contributed by atoms with E-state index < -0.39 is 11.9 Å². The second-order valence-corrected chi connectivity index (χ2v) is 6.28. The molecule has 0 unspecified atom stereocenters. The molecule has 0 aromatic carbocycles. The molecule has 0 radical (unpaired) electrons. The number of nitrogens with one attached hydrogen (secondary N) is 1. The second-order valence-electron chi connectivity index (χ2n) is 6.28. The third kappa shape index (κ3) is 9.60. The topological polar surface area (TPSA) is 106 Å². The average Bonchev–Trinajstić information content (AvgIpc) is 2.94. The minimum Gasteiger partial charge on any atom is -0.478 e. The SMILES string of the molecule is CCCCN(C)c1cncc(N2CCCNCC2)c1.O=C(O)/C=C/C(=O)O. The maximum atomic E-state index is 9.55. The van der Waals surface area contributed by atoms with Crippen molar-refractivity contribution in [2.24, 2.45) is 0 Å². The maximum Gasteiger partial charge on any atom is 0.328 e. The van der Waals surface area contributed by atoms with Crippen molar-refractivity contribution in [3.8, 4) is 0 Å². The van der Waals surface area contributed by atoms with Crippen LogP contribution in [0.2, 0.25) is 0 Å². The quantitative estimate of drug-likeness (QED) is 0.617. The highest BCUT2D eigenvalue weighted by molar-refractivity contribution is 5.89. The molecule has 2 heterocycles. The van der Waals surface area contributed by atoms with E-state index in [2.05, 4.69) is 40.1 Å². The van der Waals surface area contributed by atoms with Crippen LogP contribution in [0.5, 0.6) is 0 Å². The lowest BCUT2D eigenvalue weighted by Gasteiger charge is -2.25. The van der Waals surface area contributed by atoms with Crippen molar-refractivity contribution in [3.63, 3.8) is 0 Å². The summed E-state index contributed by atoms with van der Waals surface area (Å²) in [6, 6.07) is 2.27. The first-order valence-electron chi connectivity index (χ1n) is 9.19. The number of carboxylic acid groups (broad SMARTS) is 2. The van der Waals surface area contributed by atoms with Gasteiger partial charge in [0.2, 0.25) is 0 Å². The van der Waals surface area contributed by atoms with Crippen LogP contribution in [0, 0.1) is 0 Å². The molecule has 27 heavy (non-hydrogen) atoms. The molecule has 0 spiro atoms. The molecule has 0 amide bonds. The molecule has 1 aliphatic rings. The summed E-state index contributed by atoms with van der Waals surface area (Å²) < 4.78 is 0. The van der Waals surface area contributed by atoms with Gasteiger partial charge in [0.05, 0.1) is 23.8 Å². The number of carbonyl (C=O) groups is 2. The summed E-state index contributed by atoms with van der Waals surface area (Å²) in [6.07, 6.45) is 8.74. The van der Waals surface area contributed by atoms with Crippen LogP contribution in [0.1, 0.15) is 26.2 Å². The van der Waals surface area contributed by atoms with E-state index in [0.29, 0.717) is 12.2 Å². The minimum absolute atomic E-state index is 0.558. The highest BCUT2D eigenvalue weighted by atomic mass is 16.4. The van der Waals surface area contributed by atoms with E-state index in [-0.39, 0.29) is 0 Å². The van der Waals surface area contributed by atoms with Crippen LogP contribution in [0.15, 0.2) is 30.6 Å². The Kier molecular flexibility index (Phi) is 10.5. The van der Waals surface area contributed by atoms with Gasteiger partial charge in [-0.25, -0.2) is 9.59 Å². The molecule has 0 bridgehead atoms. The van der Waals surface area contributed by atoms with E-state index >= 15 is 0 Å². The minimum atomic E-state index is -1.26. The molecule has 1 saturated heterocycles. The number of carboxylic acids is 2. The fourth-order valence-corrected chi connectivity index (χ4v) is 2.57. The third-order valence-corrected chi connectivity index (χ3v) is 4.07. The number of unbranched alkanes of at least 4 members (excludes halogenated alkanes) is 1. The van der Waals surface area contributed by atoms with Crippen LogP contribution < -0.4 is 15.1 Å². The Morgan fingerprint density at radius 2 is 1.93 bits per heavy atom. The molecule has 0 saturated carbocycles. The second kappa shape index (κ2) is 12.7. The van der Waals surface area contributed by atoms with Crippen molar-refractivity contribution < 1.29 is 19.8 Å². The molecule has 150 valence electrons. The van der Waals surface area contributed by atoms with E-state index in [0.717, 1.165) is 32.7 Å². The number of aromatic nitrogens is 1. The highest BCUT2D eigenvalue weighted by Crippen LogP contribution is 2.21. The Morgan fingerprint density at radius 3 is 2.56 bits per heavy atom. The summed E-state index contributed by atoms with van der Waals surface area (Å²) in [5.74, 6) is -2.51. The number of anilines is 2. The fraction of sp³-hybridized carbons (Fsp3) is 0.526. The van der Waals surface area contributed by atoms with Gasteiger partial charge in [0, 0.05) is 45.4 Å². The molecule has 1 aliphatic heterocycles. The van der Waals surface area contributed by atoms with E-state index in [9.17, 15) is 9.59 Å². The van der Waals surface area contributed by atoms with Gasteiger partial charge in [0.1, 0.15) is 0 Å². The van der Waals surface area contributed by atoms with E-state index in [1.807, 2.05) is 12.4 Å². The Labute approximate surface area is 160 Å². The van der Waals surface area contributed by atoms with Gasteiger partial charge in [-0.1, -0.05) is 13.3 Å². The fourth-order valence-electron chi connectivity index (χ4n) is 2.57. The van der Waals surface area contributed by atoms with Gasteiger partial charge in [0.25, 0.3) is 0 Å². The Bertz CT molecular complexity index is 597. The predicted octanol–water partition coefficient (Wildman–Crippen LogP) is 1.83. The molecular formula is C19H30N4O4. The number of nitrogens with zero attached hydrogens (tertiary/aromatic N) is 3. The van der Waals surface area contributed by atoms with Crippen LogP contribution in [0.4, 0.5) is 11.4 Å². The van der Waals surface area contributed by atoms with E-state index in [1.165, 1.54) is 30.6 Å². The predicted molar refractivity (Wildman–Crippen MR) is 107 cm³/mol. The first-order chi connectivity index (χ1) is 12.9. The molecule has 0 aliphatic carbocycles. The van der Waals surface area contributed by atoms with Gasteiger partial charge in [-0.05, 0) is 25.5 Å². The molecule has 8 heteroatoms.